The maximum atomic E-state index is 12.6. The Hall–Kier alpha value is -3.33. The smallest absolute Gasteiger partial charge is 0.350 e. The summed E-state index contributed by atoms with van der Waals surface area (Å²) >= 11 is 1.07. The number of aryl methyl sites for hydroxylation is 3. The van der Waals surface area contributed by atoms with Crippen molar-refractivity contribution in [2.24, 2.45) is 0 Å². The van der Waals surface area contributed by atoms with Crippen LogP contribution in [-0.4, -0.2) is 33.9 Å². The first-order valence-electron chi connectivity index (χ1n) is 8.42. The standard InChI is InChI=1S/C19H19N5O3S/c1-10-8-11(2)21-18(20-10)23-14-7-5-6-13(9-14)16(25)24-19-22-12(3)15(28-19)17(26)27-4/h5-9H,1-4H3,(H,20,21,23)(H,22,24,25). The third-order valence-corrected chi connectivity index (χ3v) is 4.80. The van der Waals surface area contributed by atoms with E-state index in [1.807, 2.05) is 26.0 Å². The highest BCUT2D eigenvalue weighted by Crippen LogP contribution is 2.24. The van der Waals surface area contributed by atoms with Crippen molar-refractivity contribution in [1.82, 2.24) is 15.0 Å². The molecule has 2 heterocycles. The number of anilines is 3. The van der Waals surface area contributed by atoms with Crippen molar-refractivity contribution in [2.75, 3.05) is 17.7 Å². The van der Waals surface area contributed by atoms with Gasteiger partial charge in [-0.3, -0.25) is 10.1 Å². The van der Waals surface area contributed by atoms with Crippen molar-refractivity contribution in [3.8, 4) is 0 Å². The molecule has 0 aliphatic carbocycles. The van der Waals surface area contributed by atoms with Gasteiger partial charge in [0.05, 0.1) is 12.8 Å². The molecule has 0 spiro atoms. The number of carbonyl (C=O) groups excluding carboxylic acids is 2. The predicted octanol–water partition coefficient (Wildman–Crippen LogP) is 3.64. The Labute approximate surface area is 166 Å². The molecule has 0 saturated carbocycles. The summed E-state index contributed by atoms with van der Waals surface area (Å²) in [6, 6.07) is 8.84. The molecule has 2 aromatic heterocycles. The van der Waals surface area contributed by atoms with Crippen LogP contribution in [0, 0.1) is 20.8 Å². The molecule has 0 radical (unpaired) electrons. The molecule has 0 atom stereocenters. The van der Waals surface area contributed by atoms with Crippen LogP contribution < -0.4 is 10.6 Å². The third kappa shape index (κ3) is 4.49. The van der Waals surface area contributed by atoms with E-state index in [-0.39, 0.29) is 5.91 Å². The number of aromatic nitrogens is 3. The second-order valence-electron chi connectivity index (χ2n) is 6.06. The zero-order valence-corrected chi connectivity index (χ0v) is 16.7. The zero-order valence-electron chi connectivity index (χ0n) is 15.9. The summed E-state index contributed by atoms with van der Waals surface area (Å²) in [7, 11) is 1.30. The summed E-state index contributed by atoms with van der Waals surface area (Å²) in [5, 5.41) is 6.15. The summed E-state index contributed by atoms with van der Waals surface area (Å²) in [4.78, 5) is 37.5. The number of thiazole rings is 1. The molecule has 0 aliphatic heterocycles. The molecule has 0 aliphatic rings. The molecule has 28 heavy (non-hydrogen) atoms. The fraction of sp³-hybridized carbons (Fsp3) is 0.211. The van der Waals surface area contributed by atoms with Gasteiger partial charge in [-0.2, -0.15) is 0 Å². The van der Waals surface area contributed by atoms with Gasteiger partial charge in [0.15, 0.2) is 5.13 Å². The highest BCUT2D eigenvalue weighted by atomic mass is 32.1. The lowest BCUT2D eigenvalue weighted by atomic mass is 10.2. The van der Waals surface area contributed by atoms with Gasteiger partial charge in [0.1, 0.15) is 4.88 Å². The van der Waals surface area contributed by atoms with Gasteiger partial charge in [0.2, 0.25) is 5.95 Å². The molecule has 0 fully saturated rings. The maximum Gasteiger partial charge on any atom is 0.350 e. The molecule has 0 bridgehead atoms. The minimum atomic E-state index is -0.477. The van der Waals surface area contributed by atoms with Crippen molar-refractivity contribution >= 4 is 40.0 Å². The fourth-order valence-electron chi connectivity index (χ4n) is 2.55. The molecular formula is C19H19N5O3S. The lowest BCUT2D eigenvalue weighted by Crippen LogP contribution is -2.12. The number of rotatable bonds is 5. The molecule has 1 aromatic carbocycles. The van der Waals surface area contributed by atoms with Crippen LogP contribution in [0.15, 0.2) is 30.3 Å². The second-order valence-corrected chi connectivity index (χ2v) is 7.06. The number of benzene rings is 1. The summed E-state index contributed by atoms with van der Waals surface area (Å²) in [6.07, 6.45) is 0. The Kier molecular flexibility index (Phi) is 5.65. The number of nitrogens with zero attached hydrogens (tertiary/aromatic N) is 3. The molecule has 0 saturated heterocycles. The molecule has 8 nitrogen and oxygen atoms in total. The molecule has 9 heteroatoms. The predicted molar refractivity (Wildman–Crippen MR) is 107 cm³/mol. The second kappa shape index (κ2) is 8.13. The first-order chi connectivity index (χ1) is 13.4. The number of hydrogen-bond acceptors (Lipinski definition) is 8. The Balaban J connectivity index is 1.76. The highest BCUT2D eigenvalue weighted by Gasteiger charge is 2.17. The van der Waals surface area contributed by atoms with Crippen molar-refractivity contribution < 1.29 is 14.3 Å². The van der Waals surface area contributed by atoms with Crippen LogP contribution in [0.25, 0.3) is 0 Å². The van der Waals surface area contributed by atoms with E-state index in [0.29, 0.717) is 32.9 Å². The van der Waals surface area contributed by atoms with Crippen molar-refractivity contribution in [3.63, 3.8) is 0 Å². The minimum Gasteiger partial charge on any atom is -0.465 e. The normalized spacial score (nSPS) is 10.4. The summed E-state index contributed by atoms with van der Waals surface area (Å²) in [6.45, 7) is 5.47. The van der Waals surface area contributed by atoms with E-state index in [0.717, 1.165) is 22.7 Å². The van der Waals surface area contributed by atoms with Crippen LogP contribution in [-0.2, 0) is 4.74 Å². The number of esters is 1. The highest BCUT2D eigenvalue weighted by molar-refractivity contribution is 7.17. The summed E-state index contributed by atoms with van der Waals surface area (Å²) in [5.41, 5.74) is 3.33. The molecule has 3 aromatic rings. The Morgan fingerprint density at radius 2 is 1.75 bits per heavy atom. The van der Waals surface area contributed by atoms with Gasteiger partial charge in [0, 0.05) is 22.6 Å². The molecule has 1 amide bonds. The van der Waals surface area contributed by atoms with Crippen molar-refractivity contribution in [1.29, 1.82) is 0 Å². The molecule has 3 rings (SSSR count). The lowest BCUT2D eigenvalue weighted by molar-refractivity contribution is 0.0605. The number of carbonyl (C=O) groups is 2. The summed E-state index contributed by atoms with van der Waals surface area (Å²) < 4.78 is 4.71. The van der Waals surface area contributed by atoms with E-state index in [4.69, 9.17) is 4.74 Å². The lowest BCUT2D eigenvalue weighted by Gasteiger charge is -2.08. The Morgan fingerprint density at radius 3 is 2.43 bits per heavy atom. The van der Waals surface area contributed by atoms with E-state index >= 15 is 0 Å². The number of amides is 1. The summed E-state index contributed by atoms with van der Waals surface area (Å²) in [5.74, 6) is -0.348. The molecule has 0 unspecified atom stereocenters. The SMILES string of the molecule is COC(=O)c1sc(NC(=O)c2cccc(Nc3nc(C)cc(C)n3)c2)nc1C. The van der Waals surface area contributed by atoms with Crippen LogP contribution in [0.2, 0.25) is 0 Å². The Morgan fingerprint density at radius 1 is 1.04 bits per heavy atom. The van der Waals surface area contributed by atoms with E-state index in [1.165, 1.54) is 7.11 Å². The van der Waals surface area contributed by atoms with Gasteiger partial charge in [0.25, 0.3) is 5.91 Å². The largest absolute Gasteiger partial charge is 0.465 e. The van der Waals surface area contributed by atoms with Crippen LogP contribution in [0.1, 0.15) is 37.1 Å². The fourth-order valence-corrected chi connectivity index (χ4v) is 3.43. The van der Waals surface area contributed by atoms with Gasteiger partial charge in [-0.15, -0.1) is 0 Å². The third-order valence-electron chi connectivity index (χ3n) is 3.75. The molecule has 144 valence electrons. The van der Waals surface area contributed by atoms with Crippen LogP contribution in [0.3, 0.4) is 0 Å². The first-order valence-corrected chi connectivity index (χ1v) is 9.24. The van der Waals surface area contributed by atoms with Crippen LogP contribution >= 0.6 is 11.3 Å². The topological polar surface area (TPSA) is 106 Å². The quantitative estimate of drug-likeness (QED) is 0.633. The van der Waals surface area contributed by atoms with E-state index in [1.54, 1.807) is 25.1 Å². The number of ether oxygens (including phenoxy) is 1. The number of methoxy groups -OCH3 is 1. The monoisotopic (exact) mass is 397 g/mol. The first kappa shape index (κ1) is 19.4. The van der Waals surface area contributed by atoms with Gasteiger partial charge < -0.3 is 10.1 Å². The average molecular weight is 397 g/mol. The van der Waals surface area contributed by atoms with Crippen molar-refractivity contribution in [2.45, 2.75) is 20.8 Å². The van der Waals surface area contributed by atoms with Gasteiger partial charge in [-0.1, -0.05) is 17.4 Å². The van der Waals surface area contributed by atoms with Crippen LogP contribution in [0.4, 0.5) is 16.8 Å². The van der Waals surface area contributed by atoms with Gasteiger partial charge >= 0.3 is 5.97 Å². The Bertz CT molecular complexity index is 1030. The molecule has 2 N–H and O–H groups in total. The number of hydrogen-bond donors (Lipinski definition) is 2. The van der Waals surface area contributed by atoms with Gasteiger partial charge in [-0.25, -0.2) is 19.7 Å². The van der Waals surface area contributed by atoms with E-state index in [9.17, 15) is 9.59 Å². The van der Waals surface area contributed by atoms with E-state index in [2.05, 4.69) is 25.6 Å². The molecular weight excluding hydrogens is 378 g/mol. The van der Waals surface area contributed by atoms with Crippen LogP contribution in [0.5, 0.6) is 0 Å². The van der Waals surface area contributed by atoms with Gasteiger partial charge in [-0.05, 0) is 45.0 Å². The maximum absolute atomic E-state index is 12.6. The zero-order chi connectivity index (χ0) is 20.3. The van der Waals surface area contributed by atoms with E-state index < -0.39 is 5.97 Å². The number of nitrogens with one attached hydrogen (secondary N) is 2. The average Bonchev–Trinajstić information content (AvgIpc) is 3.00. The minimum absolute atomic E-state index is 0.332. The van der Waals surface area contributed by atoms with Crippen molar-refractivity contribution in [3.05, 3.63) is 57.9 Å².